The van der Waals surface area contributed by atoms with Gasteiger partial charge in [-0.15, -0.1) is 0 Å². The summed E-state index contributed by atoms with van der Waals surface area (Å²) in [6, 6.07) is 5.32. The first kappa shape index (κ1) is 15.7. The predicted octanol–water partition coefficient (Wildman–Crippen LogP) is 3.94. The van der Waals surface area contributed by atoms with Crippen molar-refractivity contribution in [1.29, 1.82) is 0 Å². The quantitative estimate of drug-likeness (QED) is 0.864. The molecule has 0 aromatic heterocycles. The molecule has 4 atom stereocenters. The van der Waals surface area contributed by atoms with Gasteiger partial charge >= 0.3 is 0 Å². The van der Waals surface area contributed by atoms with E-state index in [0.29, 0.717) is 34.8 Å². The van der Waals surface area contributed by atoms with Gasteiger partial charge in [-0.2, -0.15) is 0 Å². The Morgan fingerprint density at radius 3 is 2.52 bits per heavy atom. The van der Waals surface area contributed by atoms with E-state index in [0.717, 1.165) is 31.2 Å². The molecule has 1 aromatic rings. The molecule has 3 nitrogen and oxygen atoms in total. The number of hydrogen-bond acceptors (Lipinski definition) is 2. The van der Waals surface area contributed by atoms with Crippen molar-refractivity contribution in [2.24, 2.45) is 17.3 Å². The normalized spacial score (nSPS) is 37.9. The van der Waals surface area contributed by atoms with Crippen LogP contribution in [0.5, 0.6) is 0 Å². The molecule has 4 saturated carbocycles. The third-order valence-corrected chi connectivity index (χ3v) is 6.55. The van der Waals surface area contributed by atoms with Crippen molar-refractivity contribution < 1.29 is 9.90 Å². The van der Waals surface area contributed by atoms with E-state index in [1.807, 2.05) is 6.07 Å². The lowest BCUT2D eigenvalue weighted by molar-refractivity contribution is -0.178. The van der Waals surface area contributed by atoms with Crippen molar-refractivity contribution in [3.05, 3.63) is 33.8 Å². The number of carbonyl (C=O) groups excluding carboxylic acids is 1. The highest BCUT2D eigenvalue weighted by molar-refractivity contribution is 6.35. The topological polar surface area (TPSA) is 49.3 Å². The number of hydrogen-bond donors (Lipinski definition) is 2. The molecule has 0 saturated heterocycles. The zero-order valence-electron chi connectivity index (χ0n) is 12.9. The van der Waals surface area contributed by atoms with Crippen LogP contribution < -0.4 is 5.32 Å². The van der Waals surface area contributed by atoms with Crippen LogP contribution in [0.3, 0.4) is 0 Å². The average Bonchev–Trinajstić information content (AvgIpc) is 2.43. The zero-order valence-corrected chi connectivity index (χ0v) is 14.5. The van der Waals surface area contributed by atoms with Gasteiger partial charge in [-0.3, -0.25) is 4.79 Å². The van der Waals surface area contributed by atoms with E-state index in [-0.39, 0.29) is 11.3 Å². The van der Waals surface area contributed by atoms with Gasteiger partial charge in [0.05, 0.1) is 11.0 Å². The summed E-state index contributed by atoms with van der Waals surface area (Å²) in [4.78, 5) is 12.9. The molecule has 5 rings (SSSR count). The monoisotopic (exact) mass is 353 g/mol. The maximum atomic E-state index is 12.9. The van der Waals surface area contributed by atoms with Gasteiger partial charge in [0.15, 0.2) is 0 Å². The van der Waals surface area contributed by atoms with Crippen LogP contribution in [0.4, 0.5) is 0 Å². The van der Waals surface area contributed by atoms with Crippen molar-refractivity contribution in [2.75, 3.05) is 0 Å². The number of nitrogens with one attached hydrogen (secondary N) is 1. The van der Waals surface area contributed by atoms with Crippen molar-refractivity contribution in [2.45, 2.75) is 50.7 Å². The minimum atomic E-state index is -0.612. The smallest absolute Gasteiger partial charge is 0.226 e. The summed E-state index contributed by atoms with van der Waals surface area (Å²) in [6.07, 6.45) is 5.40. The van der Waals surface area contributed by atoms with Gasteiger partial charge in [-0.25, -0.2) is 0 Å². The van der Waals surface area contributed by atoms with Crippen molar-refractivity contribution in [1.82, 2.24) is 5.32 Å². The summed E-state index contributed by atoms with van der Waals surface area (Å²) in [5.41, 5.74) is -0.121. The molecule has 4 fully saturated rings. The first-order chi connectivity index (χ1) is 10.9. The molecular formula is C18H21Cl2NO2. The molecule has 0 heterocycles. The molecule has 4 aliphatic rings. The van der Waals surface area contributed by atoms with Crippen molar-refractivity contribution in [3.8, 4) is 0 Å². The number of rotatable bonds is 3. The molecule has 2 unspecified atom stereocenters. The highest BCUT2D eigenvalue weighted by atomic mass is 35.5. The SMILES string of the molecule is O=C(NCc1ccc(Cl)cc1Cl)C12C[C@@H]3C[C@@H](CC(O)(C3)C1)C2. The first-order valence-corrected chi connectivity index (χ1v) is 9.08. The molecular weight excluding hydrogens is 333 g/mol. The fourth-order valence-electron chi connectivity index (χ4n) is 5.51. The minimum absolute atomic E-state index is 0.0797. The van der Waals surface area contributed by atoms with Crippen LogP contribution in [-0.4, -0.2) is 16.6 Å². The lowest BCUT2D eigenvalue weighted by atomic mass is 9.47. The Morgan fingerprint density at radius 1 is 1.22 bits per heavy atom. The van der Waals surface area contributed by atoms with Gasteiger partial charge < -0.3 is 10.4 Å². The van der Waals surface area contributed by atoms with E-state index in [1.165, 1.54) is 6.42 Å². The van der Waals surface area contributed by atoms with Crippen LogP contribution in [0.25, 0.3) is 0 Å². The molecule has 5 heteroatoms. The molecule has 124 valence electrons. The Kier molecular flexibility index (Phi) is 3.67. The van der Waals surface area contributed by atoms with E-state index in [4.69, 9.17) is 23.2 Å². The molecule has 4 bridgehead atoms. The third-order valence-electron chi connectivity index (χ3n) is 5.97. The van der Waals surface area contributed by atoms with Crippen molar-refractivity contribution in [3.63, 3.8) is 0 Å². The zero-order chi connectivity index (χ0) is 16.2. The molecule has 2 N–H and O–H groups in total. The maximum absolute atomic E-state index is 12.9. The van der Waals surface area contributed by atoms with Crippen LogP contribution in [-0.2, 0) is 11.3 Å². The molecule has 1 amide bonds. The van der Waals surface area contributed by atoms with E-state index < -0.39 is 5.60 Å². The van der Waals surface area contributed by atoms with E-state index in [2.05, 4.69) is 5.32 Å². The highest BCUT2D eigenvalue weighted by Gasteiger charge is 2.60. The molecule has 0 spiro atoms. The van der Waals surface area contributed by atoms with Gasteiger partial charge in [0.1, 0.15) is 0 Å². The molecule has 0 aliphatic heterocycles. The second-order valence-electron chi connectivity index (χ2n) is 7.88. The standard InChI is InChI=1S/C18H21Cl2NO2/c19-14-2-1-13(15(20)4-14)9-21-16(22)17-5-11-3-12(6-17)8-18(23,7-11)10-17/h1-2,4,11-12,23H,3,5-10H2,(H,21,22)/t11-,12+,17?,18?. The number of amides is 1. The second-order valence-corrected chi connectivity index (χ2v) is 8.73. The first-order valence-electron chi connectivity index (χ1n) is 8.32. The predicted molar refractivity (Wildman–Crippen MR) is 90.4 cm³/mol. The van der Waals surface area contributed by atoms with Gasteiger partial charge in [-0.05, 0) is 68.1 Å². The molecule has 4 aliphatic carbocycles. The summed E-state index contributed by atoms with van der Waals surface area (Å²) in [5, 5.41) is 15.0. The lowest BCUT2D eigenvalue weighted by Crippen LogP contribution is -2.60. The summed E-state index contributed by atoms with van der Waals surface area (Å²) in [6.45, 7) is 0.407. The van der Waals surface area contributed by atoms with Crippen molar-refractivity contribution >= 4 is 29.1 Å². The minimum Gasteiger partial charge on any atom is -0.390 e. The number of benzene rings is 1. The molecule has 23 heavy (non-hydrogen) atoms. The van der Waals surface area contributed by atoms with Crippen LogP contribution in [0, 0.1) is 17.3 Å². The van der Waals surface area contributed by atoms with Crippen LogP contribution in [0.2, 0.25) is 10.0 Å². The van der Waals surface area contributed by atoms with Crippen LogP contribution in [0.1, 0.15) is 44.1 Å². The van der Waals surface area contributed by atoms with Gasteiger partial charge in [0, 0.05) is 16.6 Å². The Balaban J connectivity index is 1.49. The fourth-order valence-corrected chi connectivity index (χ4v) is 5.98. The number of halogens is 2. The molecule has 0 radical (unpaired) electrons. The van der Waals surface area contributed by atoms with Crippen LogP contribution in [0.15, 0.2) is 18.2 Å². The number of carbonyl (C=O) groups is 1. The van der Waals surface area contributed by atoms with Gasteiger partial charge in [0.2, 0.25) is 5.91 Å². The summed E-state index contributed by atoms with van der Waals surface area (Å²) >= 11 is 12.1. The maximum Gasteiger partial charge on any atom is 0.226 e. The second kappa shape index (κ2) is 5.37. The Labute approximate surface area is 146 Å². The average molecular weight is 354 g/mol. The summed E-state index contributed by atoms with van der Waals surface area (Å²) in [7, 11) is 0. The van der Waals surface area contributed by atoms with Gasteiger partial charge in [0.25, 0.3) is 0 Å². The highest BCUT2D eigenvalue weighted by Crippen LogP contribution is 2.61. The van der Waals surface area contributed by atoms with E-state index in [9.17, 15) is 9.90 Å². The summed E-state index contributed by atoms with van der Waals surface area (Å²) < 4.78 is 0. The molecule has 1 aromatic carbocycles. The fraction of sp³-hybridized carbons (Fsp3) is 0.611. The van der Waals surface area contributed by atoms with Gasteiger partial charge in [-0.1, -0.05) is 29.3 Å². The van der Waals surface area contributed by atoms with E-state index in [1.54, 1.807) is 12.1 Å². The Bertz CT molecular complexity index is 646. The van der Waals surface area contributed by atoms with E-state index >= 15 is 0 Å². The van der Waals surface area contributed by atoms with Crippen LogP contribution >= 0.6 is 23.2 Å². The largest absolute Gasteiger partial charge is 0.390 e. The number of aliphatic hydroxyl groups is 1. The summed E-state index contributed by atoms with van der Waals surface area (Å²) in [5.74, 6) is 1.09. The Morgan fingerprint density at radius 2 is 1.91 bits per heavy atom. The third kappa shape index (κ3) is 2.77. The lowest BCUT2D eigenvalue weighted by Gasteiger charge is -2.59. The Hall–Kier alpha value is -0.770.